The summed E-state index contributed by atoms with van der Waals surface area (Å²) in [7, 11) is 0. The average molecular weight is 296 g/mol. The van der Waals surface area contributed by atoms with Crippen LogP contribution in [0.5, 0.6) is 0 Å². The molecule has 0 saturated heterocycles. The summed E-state index contributed by atoms with van der Waals surface area (Å²) in [5.41, 5.74) is 1.12. The maximum atomic E-state index is 6.09. The van der Waals surface area contributed by atoms with Gasteiger partial charge in [0.25, 0.3) is 0 Å². The Hall–Kier alpha value is 0.280. The molecule has 0 radical (unpaired) electrons. The van der Waals surface area contributed by atoms with Gasteiger partial charge >= 0.3 is 0 Å². The number of rotatable bonds is 3. The van der Waals surface area contributed by atoms with Crippen LogP contribution in [0.4, 0.5) is 0 Å². The van der Waals surface area contributed by atoms with Gasteiger partial charge in [-0.3, -0.25) is 0 Å². The Morgan fingerprint density at radius 2 is 1.93 bits per heavy atom. The Labute approximate surface area is 104 Å². The highest BCUT2D eigenvalue weighted by molar-refractivity contribution is 9.09. The highest BCUT2D eigenvalue weighted by Gasteiger charge is 2.12. The standard InChI is InChI=1S/C11H13BrCl2/c1-7(2)5-10(12)9-4-3-8(13)6-11(9)14/h3-4,6-7,10H,5H2,1-2H3. The van der Waals surface area contributed by atoms with Gasteiger partial charge in [-0.15, -0.1) is 0 Å². The minimum Gasteiger partial charge on any atom is -0.0843 e. The quantitative estimate of drug-likeness (QED) is 0.648. The summed E-state index contributed by atoms with van der Waals surface area (Å²) in [6.45, 7) is 4.39. The number of benzene rings is 1. The molecule has 0 nitrogen and oxygen atoms in total. The number of hydrogen-bond acceptors (Lipinski definition) is 0. The summed E-state index contributed by atoms with van der Waals surface area (Å²) in [6.07, 6.45) is 1.07. The van der Waals surface area contributed by atoms with E-state index >= 15 is 0 Å². The molecule has 78 valence electrons. The molecule has 14 heavy (non-hydrogen) atoms. The zero-order chi connectivity index (χ0) is 10.7. The fraction of sp³-hybridized carbons (Fsp3) is 0.455. The zero-order valence-electron chi connectivity index (χ0n) is 8.23. The summed E-state index contributed by atoms with van der Waals surface area (Å²) >= 11 is 15.6. The SMILES string of the molecule is CC(C)CC(Br)c1ccc(Cl)cc1Cl. The molecule has 1 aromatic rings. The summed E-state index contributed by atoms with van der Waals surface area (Å²) < 4.78 is 0. The van der Waals surface area contributed by atoms with Crippen LogP contribution in [0.15, 0.2) is 18.2 Å². The summed E-state index contributed by atoms with van der Waals surface area (Å²) in [5.74, 6) is 0.645. The number of halogens is 3. The molecule has 0 aliphatic heterocycles. The van der Waals surface area contributed by atoms with E-state index in [9.17, 15) is 0 Å². The van der Waals surface area contributed by atoms with Crippen LogP contribution in [-0.4, -0.2) is 0 Å². The zero-order valence-corrected chi connectivity index (χ0v) is 11.3. The summed E-state index contributed by atoms with van der Waals surface area (Å²) in [4.78, 5) is 0.312. The van der Waals surface area contributed by atoms with Crippen LogP contribution < -0.4 is 0 Å². The molecule has 0 bridgehead atoms. The minimum atomic E-state index is 0.312. The van der Waals surface area contributed by atoms with Gasteiger partial charge < -0.3 is 0 Å². The molecule has 0 heterocycles. The van der Waals surface area contributed by atoms with E-state index < -0.39 is 0 Å². The van der Waals surface area contributed by atoms with E-state index in [1.165, 1.54) is 0 Å². The lowest BCUT2D eigenvalue weighted by Gasteiger charge is -2.14. The lowest BCUT2D eigenvalue weighted by molar-refractivity contribution is 0.584. The van der Waals surface area contributed by atoms with E-state index in [2.05, 4.69) is 29.8 Å². The van der Waals surface area contributed by atoms with Gasteiger partial charge in [0, 0.05) is 14.9 Å². The molecule has 1 atom stereocenters. The van der Waals surface area contributed by atoms with Crippen molar-refractivity contribution >= 4 is 39.1 Å². The molecule has 1 unspecified atom stereocenters. The first-order valence-corrected chi connectivity index (χ1v) is 6.27. The predicted molar refractivity (Wildman–Crippen MR) is 67.6 cm³/mol. The van der Waals surface area contributed by atoms with Crippen LogP contribution in [0.3, 0.4) is 0 Å². The van der Waals surface area contributed by atoms with Crippen molar-refractivity contribution in [3.63, 3.8) is 0 Å². The molecule has 1 aromatic carbocycles. The molecule has 0 aliphatic carbocycles. The topological polar surface area (TPSA) is 0 Å². The molecule has 0 aromatic heterocycles. The lowest BCUT2D eigenvalue weighted by atomic mass is 10.0. The molecule has 0 aliphatic rings. The third-order valence-corrected chi connectivity index (χ3v) is 3.41. The predicted octanol–water partition coefficient (Wildman–Crippen LogP) is 5.48. The van der Waals surface area contributed by atoms with Crippen LogP contribution in [0.1, 0.15) is 30.7 Å². The molecule has 0 fully saturated rings. The van der Waals surface area contributed by atoms with Gasteiger partial charge in [-0.1, -0.05) is 59.0 Å². The second kappa shape index (κ2) is 5.39. The molecular weight excluding hydrogens is 283 g/mol. The van der Waals surface area contributed by atoms with Gasteiger partial charge in [0.1, 0.15) is 0 Å². The second-order valence-electron chi connectivity index (χ2n) is 3.76. The van der Waals surface area contributed by atoms with Crippen molar-refractivity contribution in [1.82, 2.24) is 0 Å². The Morgan fingerprint density at radius 1 is 1.29 bits per heavy atom. The van der Waals surface area contributed by atoms with E-state index in [1.807, 2.05) is 12.1 Å². The fourth-order valence-corrected chi connectivity index (χ4v) is 3.12. The maximum Gasteiger partial charge on any atom is 0.0464 e. The molecule has 0 saturated carbocycles. The lowest BCUT2D eigenvalue weighted by Crippen LogP contribution is -1.96. The molecule has 0 spiro atoms. The van der Waals surface area contributed by atoms with Crippen molar-refractivity contribution in [1.29, 1.82) is 0 Å². The van der Waals surface area contributed by atoms with Crippen molar-refractivity contribution in [2.24, 2.45) is 5.92 Å². The third kappa shape index (κ3) is 3.45. The van der Waals surface area contributed by atoms with Gasteiger partial charge in [-0.25, -0.2) is 0 Å². The maximum absolute atomic E-state index is 6.09. The van der Waals surface area contributed by atoms with Crippen molar-refractivity contribution in [3.05, 3.63) is 33.8 Å². The Morgan fingerprint density at radius 3 is 2.43 bits per heavy atom. The van der Waals surface area contributed by atoms with Crippen molar-refractivity contribution in [3.8, 4) is 0 Å². The van der Waals surface area contributed by atoms with Gasteiger partial charge in [0.2, 0.25) is 0 Å². The molecular formula is C11H13BrCl2. The molecule has 0 N–H and O–H groups in total. The first kappa shape index (κ1) is 12.4. The van der Waals surface area contributed by atoms with E-state index in [4.69, 9.17) is 23.2 Å². The molecule has 1 rings (SSSR count). The van der Waals surface area contributed by atoms with Gasteiger partial charge in [0.05, 0.1) is 0 Å². The monoisotopic (exact) mass is 294 g/mol. The van der Waals surface area contributed by atoms with Crippen LogP contribution in [-0.2, 0) is 0 Å². The highest BCUT2D eigenvalue weighted by atomic mass is 79.9. The fourth-order valence-electron chi connectivity index (χ4n) is 1.30. The van der Waals surface area contributed by atoms with Crippen LogP contribution in [0.25, 0.3) is 0 Å². The average Bonchev–Trinajstić information content (AvgIpc) is 2.01. The largest absolute Gasteiger partial charge is 0.0843 e. The first-order valence-electron chi connectivity index (χ1n) is 4.59. The summed E-state index contributed by atoms with van der Waals surface area (Å²) in [6, 6.07) is 5.64. The Bertz CT molecular complexity index is 310. The third-order valence-electron chi connectivity index (χ3n) is 1.98. The highest BCUT2D eigenvalue weighted by Crippen LogP contribution is 2.35. The van der Waals surface area contributed by atoms with E-state index in [0.717, 1.165) is 17.0 Å². The molecule has 0 amide bonds. The van der Waals surface area contributed by atoms with Crippen molar-refractivity contribution in [2.45, 2.75) is 25.1 Å². The van der Waals surface area contributed by atoms with Crippen LogP contribution in [0.2, 0.25) is 10.0 Å². The van der Waals surface area contributed by atoms with Crippen molar-refractivity contribution in [2.75, 3.05) is 0 Å². The van der Waals surface area contributed by atoms with E-state index in [-0.39, 0.29) is 0 Å². The number of alkyl halides is 1. The Balaban J connectivity index is 2.84. The summed E-state index contributed by atoms with van der Waals surface area (Å²) in [5, 5.41) is 1.42. The van der Waals surface area contributed by atoms with Gasteiger partial charge in [-0.2, -0.15) is 0 Å². The molecule has 3 heteroatoms. The van der Waals surface area contributed by atoms with Crippen molar-refractivity contribution < 1.29 is 0 Å². The number of hydrogen-bond donors (Lipinski definition) is 0. The van der Waals surface area contributed by atoms with E-state index in [1.54, 1.807) is 6.07 Å². The first-order chi connectivity index (χ1) is 6.50. The van der Waals surface area contributed by atoms with Gasteiger partial charge in [-0.05, 0) is 30.0 Å². The minimum absolute atomic E-state index is 0.312. The second-order valence-corrected chi connectivity index (χ2v) is 5.71. The van der Waals surface area contributed by atoms with Gasteiger partial charge in [0.15, 0.2) is 0 Å². The van der Waals surface area contributed by atoms with Crippen LogP contribution in [0, 0.1) is 5.92 Å². The van der Waals surface area contributed by atoms with Crippen LogP contribution >= 0.6 is 39.1 Å². The Kier molecular flexibility index (Phi) is 4.75. The van der Waals surface area contributed by atoms with E-state index in [0.29, 0.717) is 15.8 Å². The smallest absolute Gasteiger partial charge is 0.0464 e. The normalized spacial score (nSPS) is 13.3.